The lowest BCUT2D eigenvalue weighted by Crippen LogP contribution is -2.11. The first kappa shape index (κ1) is 13.9. The van der Waals surface area contributed by atoms with E-state index in [1.807, 2.05) is 13.8 Å². The van der Waals surface area contributed by atoms with E-state index in [2.05, 4.69) is 5.32 Å². The Morgan fingerprint density at radius 2 is 1.85 bits per heavy atom. The van der Waals surface area contributed by atoms with Crippen LogP contribution in [-0.4, -0.2) is 17.1 Å². The largest absolute Gasteiger partial charge is 0.508 e. The van der Waals surface area contributed by atoms with Gasteiger partial charge in [0, 0.05) is 11.3 Å². The zero-order chi connectivity index (χ0) is 14.5. The van der Waals surface area contributed by atoms with Crippen LogP contribution in [-0.2, 0) is 0 Å². The van der Waals surface area contributed by atoms with Gasteiger partial charge in [-0.3, -0.25) is 4.79 Å². The fourth-order valence-corrected chi connectivity index (χ4v) is 1.74. The molecule has 0 aliphatic heterocycles. The molecule has 0 aromatic heterocycles. The number of nitrogens with one attached hydrogen (secondary N) is 1. The molecule has 2 aromatic carbocycles. The standard InChI is InChI=1S/C16H17NO3/c1-11(2)20-15-8-6-13(7-9-15)17-16(19)12-4-3-5-14(18)10-12/h3-11,18H,1-2H3,(H,17,19). The Kier molecular flexibility index (Phi) is 4.25. The van der Waals surface area contributed by atoms with Crippen molar-refractivity contribution in [3.63, 3.8) is 0 Å². The predicted octanol–water partition coefficient (Wildman–Crippen LogP) is 3.43. The first-order valence-electron chi connectivity index (χ1n) is 6.41. The number of phenolic OH excluding ortho intramolecular Hbond substituents is 1. The predicted molar refractivity (Wildman–Crippen MR) is 78.3 cm³/mol. The minimum absolute atomic E-state index is 0.0679. The molecule has 0 unspecified atom stereocenters. The van der Waals surface area contributed by atoms with E-state index in [9.17, 15) is 9.90 Å². The number of carbonyl (C=O) groups is 1. The zero-order valence-corrected chi connectivity index (χ0v) is 11.5. The summed E-state index contributed by atoms with van der Waals surface area (Å²) in [4.78, 5) is 12.0. The van der Waals surface area contributed by atoms with Gasteiger partial charge in [-0.25, -0.2) is 0 Å². The van der Waals surface area contributed by atoms with Crippen molar-refractivity contribution in [3.8, 4) is 11.5 Å². The Bertz CT molecular complexity index is 591. The molecular weight excluding hydrogens is 254 g/mol. The molecule has 0 fully saturated rings. The van der Waals surface area contributed by atoms with Crippen LogP contribution in [0.5, 0.6) is 11.5 Å². The molecule has 4 nitrogen and oxygen atoms in total. The van der Waals surface area contributed by atoms with Crippen molar-refractivity contribution < 1.29 is 14.6 Å². The minimum Gasteiger partial charge on any atom is -0.508 e. The van der Waals surface area contributed by atoms with Gasteiger partial charge in [0.2, 0.25) is 0 Å². The maximum atomic E-state index is 12.0. The summed E-state index contributed by atoms with van der Waals surface area (Å²) in [5.74, 6) is 0.562. The van der Waals surface area contributed by atoms with Gasteiger partial charge in [0.25, 0.3) is 5.91 Å². The number of hydrogen-bond acceptors (Lipinski definition) is 3. The fourth-order valence-electron chi connectivity index (χ4n) is 1.74. The van der Waals surface area contributed by atoms with E-state index in [-0.39, 0.29) is 17.8 Å². The number of phenols is 1. The molecule has 0 saturated heterocycles. The average Bonchev–Trinajstić information content (AvgIpc) is 2.40. The summed E-state index contributed by atoms with van der Waals surface area (Å²) in [5, 5.41) is 12.1. The van der Waals surface area contributed by atoms with E-state index >= 15 is 0 Å². The lowest BCUT2D eigenvalue weighted by Gasteiger charge is -2.10. The first-order valence-corrected chi connectivity index (χ1v) is 6.41. The van der Waals surface area contributed by atoms with Crippen molar-refractivity contribution in [2.24, 2.45) is 0 Å². The van der Waals surface area contributed by atoms with Crippen LogP contribution in [0.4, 0.5) is 5.69 Å². The van der Waals surface area contributed by atoms with Crippen LogP contribution < -0.4 is 10.1 Å². The average molecular weight is 271 g/mol. The lowest BCUT2D eigenvalue weighted by molar-refractivity contribution is 0.102. The molecule has 0 heterocycles. The summed E-state index contributed by atoms with van der Waals surface area (Å²) < 4.78 is 5.53. The van der Waals surface area contributed by atoms with Crippen molar-refractivity contribution in [3.05, 3.63) is 54.1 Å². The molecule has 0 aliphatic rings. The third-order valence-electron chi connectivity index (χ3n) is 2.59. The number of rotatable bonds is 4. The molecule has 0 aliphatic carbocycles. The summed E-state index contributed by atoms with van der Waals surface area (Å²) in [6.07, 6.45) is 0.114. The molecule has 0 atom stereocenters. The Morgan fingerprint density at radius 1 is 1.15 bits per heavy atom. The van der Waals surface area contributed by atoms with Gasteiger partial charge in [0.1, 0.15) is 11.5 Å². The van der Waals surface area contributed by atoms with Gasteiger partial charge >= 0.3 is 0 Å². The molecular formula is C16H17NO3. The molecule has 20 heavy (non-hydrogen) atoms. The number of benzene rings is 2. The molecule has 0 bridgehead atoms. The third kappa shape index (κ3) is 3.75. The topological polar surface area (TPSA) is 58.6 Å². The maximum absolute atomic E-state index is 12.0. The van der Waals surface area contributed by atoms with E-state index in [0.717, 1.165) is 5.75 Å². The molecule has 0 radical (unpaired) electrons. The van der Waals surface area contributed by atoms with Crippen LogP contribution in [0, 0.1) is 0 Å². The Morgan fingerprint density at radius 3 is 2.45 bits per heavy atom. The summed E-state index contributed by atoms with van der Waals surface area (Å²) in [6, 6.07) is 13.4. The van der Waals surface area contributed by atoms with Gasteiger partial charge in [0.15, 0.2) is 0 Å². The van der Waals surface area contributed by atoms with Crippen LogP contribution in [0.1, 0.15) is 24.2 Å². The van der Waals surface area contributed by atoms with Crippen molar-refractivity contribution in [2.75, 3.05) is 5.32 Å². The highest BCUT2D eigenvalue weighted by Gasteiger charge is 2.07. The normalized spacial score (nSPS) is 10.3. The number of carbonyl (C=O) groups excluding carboxylic acids is 1. The highest BCUT2D eigenvalue weighted by atomic mass is 16.5. The summed E-state index contributed by atoms with van der Waals surface area (Å²) >= 11 is 0. The molecule has 2 N–H and O–H groups in total. The van der Waals surface area contributed by atoms with E-state index in [0.29, 0.717) is 11.3 Å². The highest BCUT2D eigenvalue weighted by Crippen LogP contribution is 2.18. The van der Waals surface area contributed by atoms with Crippen molar-refractivity contribution in [2.45, 2.75) is 20.0 Å². The molecule has 1 amide bonds. The molecule has 2 rings (SSSR count). The second-order valence-electron chi connectivity index (χ2n) is 4.70. The lowest BCUT2D eigenvalue weighted by atomic mass is 10.2. The van der Waals surface area contributed by atoms with Gasteiger partial charge in [-0.05, 0) is 56.3 Å². The Balaban J connectivity index is 2.04. The monoisotopic (exact) mass is 271 g/mol. The summed E-state index contributed by atoms with van der Waals surface area (Å²) in [7, 11) is 0. The second-order valence-corrected chi connectivity index (χ2v) is 4.70. The first-order chi connectivity index (χ1) is 9.54. The van der Waals surface area contributed by atoms with Gasteiger partial charge in [-0.2, -0.15) is 0 Å². The molecule has 4 heteroatoms. The molecule has 2 aromatic rings. The molecule has 0 spiro atoms. The summed E-state index contributed by atoms with van der Waals surface area (Å²) in [6.45, 7) is 3.91. The van der Waals surface area contributed by atoms with Gasteiger partial charge in [0.05, 0.1) is 6.10 Å². The smallest absolute Gasteiger partial charge is 0.255 e. The van der Waals surface area contributed by atoms with E-state index in [1.165, 1.54) is 12.1 Å². The highest BCUT2D eigenvalue weighted by molar-refractivity contribution is 6.04. The number of hydrogen-bond donors (Lipinski definition) is 2. The zero-order valence-electron chi connectivity index (χ0n) is 11.5. The van der Waals surface area contributed by atoms with Crippen LogP contribution in [0.2, 0.25) is 0 Å². The number of ether oxygens (including phenoxy) is 1. The maximum Gasteiger partial charge on any atom is 0.255 e. The quantitative estimate of drug-likeness (QED) is 0.895. The minimum atomic E-state index is -0.265. The van der Waals surface area contributed by atoms with Gasteiger partial charge in [-0.1, -0.05) is 6.07 Å². The number of anilines is 1. The van der Waals surface area contributed by atoms with E-state index in [4.69, 9.17) is 4.74 Å². The SMILES string of the molecule is CC(C)Oc1ccc(NC(=O)c2cccc(O)c2)cc1. The van der Waals surface area contributed by atoms with Crippen molar-refractivity contribution in [1.29, 1.82) is 0 Å². The Labute approximate surface area is 118 Å². The van der Waals surface area contributed by atoms with E-state index in [1.54, 1.807) is 36.4 Å². The van der Waals surface area contributed by atoms with Crippen molar-refractivity contribution >= 4 is 11.6 Å². The van der Waals surface area contributed by atoms with E-state index < -0.39 is 0 Å². The number of aromatic hydroxyl groups is 1. The van der Waals surface area contributed by atoms with Crippen LogP contribution in [0.15, 0.2) is 48.5 Å². The summed E-state index contributed by atoms with van der Waals surface area (Å²) in [5.41, 5.74) is 1.09. The van der Waals surface area contributed by atoms with Crippen LogP contribution in [0.3, 0.4) is 0 Å². The van der Waals surface area contributed by atoms with Crippen LogP contribution in [0.25, 0.3) is 0 Å². The third-order valence-corrected chi connectivity index (χ3v) is 2.59. The molecule has 104 valence electrons. The molecule has 0 saturated carbocycles. The van der Waals surface area contributed by atoms with Crippen LogP contribution >= 0.6 is 0 Å². The fraction of sp³-hybridized carbons (Fsp3) is 0.188. The van der Waals surface area contributed by atoms with Gasteiger partial charge in [-0.15, -0.1) is 0 Å². The van der Waals surface area contributed by atoms with Crippen molar-refractivity contribution in [1.82, 2.24) is 0 Å². The second kappa shape index (κ2) is 6.10. The van der Waals surface area contributed by atoms with Gasteiger partial charge < -0.3 is 15.2 Å². The number of amides is 1. The Hall–Kier alpha value is -2.49.